The first kappa shape index (κ1) is 32.2. The van der Waals surface area contributed by atoms with Crippen LogP contribution in [0.5, 0.6) is 0 Å². The van der Waals surface area contributed by atoms with Crippen molar-refractivity contribution >= 4 is 70.9 Å². The highest BCUT2D eigenvalue weighted by atomic mass is 15.1. The van der Waals surface area contributed by atoms with Crippen molar-refractivity contribution in [2.24, 2.45) is 0 Å². The molecule has 0 saturated heterocycles. The first-order valence-corrected chi connectivity index (χ1v) is 19.5. The van der Waals surface area contributed by atoms with E-state index in [1.54, 1.807) is 0 Å². The zero-order valence-corrected chi connectivity index (χ0v) is 30.8. The van der Waals surface area contributed by atoms with E-state index in [2.05, 4.69) is 223 Å². The van der Waals surface area contributed by atoms with Crippen molar-refractivity contribution in [3.8, 4) is 11.1 Å². The number of fused-ring (bicyclic) bond motifs is 2. The van der Waals surface area contributed by atoms with Gasteiger partial charge in [0.25, 0.3) is 0 Å². The summed E-state index contributed by atoms with van der Waals surface area (Å²) in [7, 11) is 0. The third-order valence-electron chi connectivity index (χ3n) is 11.7. The second kappa shape index (κ2) is 13.3. The van der Waals surface area contributed by atoms with Crippen LogP contribution in [0.25, 0.3) is 65.0 Å². The van der Waals surface area contributed by atoms with Crippen molar-refractivity contribution in [2.45, 2.75) is 5.92 Å². The maximum absolute atomic E-state index is 2.42. The summed E-state index contributed by atoms with van der Waals surface area (Å²) in [4.78, 5) is 2.42. The monoisotopic (exact) mass is 711 g/mol. The molecule has 0 spiro atoms. The first-order chi connectivity index (χ1) is 27.8. The minimum Gasteiger partial charge on any atom is -0.310 e. The van der Waals surface area contributed by atoms with Gasteiger partial charge in [0.1, 0.15) is 0 Å². The van der Waals surface area contributed by atoms with Gasteiger partial charge in [0.05, 0.1) is 5.69 Å². The summed E-state index contributed by atoms with van der Waals surface area (Å²) < 4.78 is 0. The van der Waals surface area contributed by atoms with E-state index >= 15 is 0 Å². The van der Waals surface area contributed by atoms with Crippen molar-refractivity contribution in [3.63, 3.8) is 0 Å². The predicted octanol–water partition coefficient (Wildman–Crippen LogP) is 15.2. The molecule has 1 atom stereocenters. The Bertz CT molecular complexity index is 3200. The topological polar surface area (TPSA) is 3.24 Å². The van der Waals surface area contributed by atoms with Gasteiger partial charge >= 0.3 is 0 Å². The number of rotatable bonds is 7. The van der Waals surface area contributed by atoms with E-state index in [-0.39, 0.29) is 5.92 Å². The van der Waals surface area contributed by atoms with Gasteiger partial charge in [-0.25, -0.2) is 0 Å². The highest BCUT2D eigenvalue weighted by molar-refractivity contribution is 6.28. The number of hydrogen-bond acceptors (Lipinski definition) is 1. The molecule has 0 heterocycles. The van der Waals surface area contributed by atoms with Gasteiger partial charge in [0.15, 0.2) is 0 Å². The van der Waals surface area contributed by atoms with E-state index < -0.39 is 0 Å². The fraction of sp³-hybridized carbons (Fsp3) is 0.0182. The number of hydrogen-bond donors (Lipinski definition) is 0. The average Bonchev–Trinajstić information content (AvgIpc) is 3.27. The van der Waals surface area contributed by atoms with E-state index in [4.69, 9.17) is 0 Å². The van der Waals surface area contributed by atoms with Gasteiger partial charge in [-0.2, -0.15) is 0 Å². The van der Waals surface area contributed by atoms with Gasteiger partial charge < -0.3 is 4.90 Å². The third-order valence-corrected chi connectivity index (χ3v) is 11.7. The largest absolute Gasteiger partial charge is 0.310 e. The molecule has 1 heteroatoms. The molecule has 0 bridgehead atoms. The van der Waals surface area contributed by atoms with E-state index in [0.717, 1.165) is 11.4 Å². The van der Waals surface area contributed by atoms with Crippen molar-refractivity contribution < 1.29 is 0 Å². The maximum Gasteiger partial charge on any atom is 0.0540 e. The lowest BCUT2D eigenvalue weighted by molar-refractivity contribution is 0.981. The SMILES string of the molecule is c1ccc(C(c2cccc(-c3ccc4ccc5c(N(c6ccccc6)c6ccc7ccccc7c6)ccc6ccc3c4c65)c2)c2ccc3ccccc3c2)cc1. The predicted molar refractivity (Wildman–Crippen MR) is 239 cm³/mol. The maximum atomic E-state index is 2.42. The average molecular weight is 712 g/mol. The molecule has 11 rings (SSSR count). The standard InChI is InChI=1S/C55H37N/c1-3-14-39(15-4-1)53(46-23-22-37-12-7-9-16-42(37)34-46)45-19-11-18-44(35-45)49-30-25-40-27-32-51-52(33-28-41-26-31-50(49)54(40)55(41)51)56(47-20-5-2-6-21-47)48-29-24-38-13-8-10-17-43(38)36-48/h1-36,53H. The summed E-state index contributed by atoms with van der Waals surface area (Å²) in [5, 5.41) is 12.6. The lowest BCUT2D eigenvalue weighted by Gasteiger charge is -2.28. The molecule has 11 aromatic rings. The second-order valence-corrected chi connectivity index (χ2v) is 14.9. The van der Waals surface area contributed by atoms with E-state index in [9.17, 15) is 0 Å². The fourth-order valence-corrected chi connectivity index (χ4v) is 9.05. The zero-order chi connectivity index (χ0) is 37.0. The molecular weight excluding hydrogens is 675 g/mol. The Morgan fingerprint density at radius 1 is 0.304 bits per heavy atom. The molecular formula is C55H37N. The van der Waals surface area contributed by atoms with E-state index in [1.165, 1.54) is 87.4 Å². The van der Waals surface area contributed by atoms with Crippen LogP contribution in [0.1, 0.15) is 22.6 Å². The summed E-state index contributed by atoms with van der Waals surface area (Å²) >= 11 is 0. The molecule has 0 aliphatic carbocycles. The van der Waals surface area contributed by atoms with Crippen molar-refractivity contribution in [1.29, 1.82) is 0 Å². The van der Waals surface area contributed by atoms with Gasteiger partial charge in [-0.3, -0.25) is 0 Å². The van der Waals surface area contributed by atoms with Crippen LogP contribution in [-0.2, 0) is 0 Å². The highest BCUT2D eigenvalue weighted by Gasteiger charge is 2.21. The van der Waals surface area contributed by atoms with Crippen LogP contribution in [-0.4, -0.2) is 0 Å². The summed E-state index contributed by atoms with van der Waals surface area (Å²) in [5.74, 6) is 0.0992. The fourth-order valence-electron chi connectivity index (χ4n) is 9.05. The molecule has 11 aromatic carbocycles. The zero-order valence-electron chi connectivity index (χ0n) is 30.8. The summed E-state index contributed by atoms with van der Waals surface area (Å²) in [6, 6.07) is 80.4. The first-order valence-electron chi connectivity index (χ1n) is 19.5. The smallest absolute Gasteiger partial charge is 0.0540 e. The molecule has 262 valence electrons. The Balaban J connectivity index is 1.09. The number of benzene rings is 11. The molecule has 1 nitrogen and oxygen atoms in total. The normalized spacial score (nSPS) is 12.2. The van der Waals surface area contributed by atoms with Crippen LogP contribution >= 0.6 is 0 Å². The highest BCUT2D eigenvalue weighted by Crippen LogP contribution is 2.46. The minimum atomic E-state index is 0.0992. The van der Waals surface area contributed by atoms with Crippen LogP contribution in [0.4, 0.5) is 17.1 Å². The molecule has 0 saturated carbocycles. The molecule has 0 aliphatic heterocycles. The summed E-state index contributed by atoms with van der Waals surface area (Å²) in [6.07, 6.45) is 0. The molecule has 0 fully saturated rings. The lowest BCUT2D eigenvalue weighted by atomic mass is 9.82. The number of para-hydroxylation sites is 1. The Hall–Kier alpha value is -7.22. The Morgan fingerprint density at radius 2 is 0.857 bits per heavy atom. The summed E-state index contributed by atoms with van der Waals surface area (Å²) in [5.41, 5.74) is 9.79. The van der Waals surface area contributed by atoms with Crippen LogP contribution < -0.4 is 4.90 Å². The third kappa shape index (κ3) is 5.40. The molecule has 0 N–H and O–H groups in total. The van der Waals surface area contributed by atoms with Crippen LogP contribution in [0.2, 0.25) is 0 Å². The van der Waals surface area contributed by atoms with Crippen LogP contribution in [0, 0.1) is 0 Å². The Morgan fingerprint density at radius 3 is 1.62 bits per heavy atom. The molecule has 1 unspecified atom stereocenters. The van der Waals surface area contributed by atoms with Gasteiger partial charge in [-0.15, -0.1) is 0 Å². The van der Waals surface area contributed by atoms with Gasteiger partial charge in [-0.1, -0.05) is 188 Å². The Kier molecular flexibility index (Phi) is 7.64. The molecule has 0 radical (unpaired) electrons. The number of anilines is 3. The second-order valence-electron chi connectivity index (χ2n) is 14.9. The van der Waals surface area contributed by atoms with Gasteiger partial charge in [0.2, 0.25) is 0 Å². The molecule has 0 aromatic heterocycles. The van der Waals surface area contributed by atoms with Crippen molar-refractivity contribution in [3.05, 3.63) is 235 Å². The van der Waals surface area contributed by atoms with Crippen LogP contribution in [0.3, 0.4) is 0 Å². The van der Waals surface area contributed by atoms with Crippen LogP contribution in [0.15, 0.2) is 218 Å². The van der Waals surface area contributed by atoms with Crippen molar-refractivity contribution in [2.75, 3.05) is 4.90 Å². The Labute approximate surface area is 326 Å². The van der Waals surface area contributed by atoms with Crippen molar-refractivity contribution in [1.82, 2.24) is 0 Å². The summed E-state index contributed by atoms with van der Waals surface area (Å²) in [6.45, 7) is 0. The lowest BCUT2D eigenvalue weighted by Crippen LogP contribution is -2.10. The minimum absolute atomic E-state index is 0.0992. The van der Waals surface area contributed by atoms with E-state index in [0.29, 0.717) is 0 Å². The van der Waals surface area contributed by atoms with Gasteiger partial charge in [0, 0.05) is 22.7 Å². The number of nitrogens with zero attached hydrogens (tertiary/aromatic N) is 1. The quantitative estimate of drug-likeness (QED) is 0.118. The van der Waals surface area contributed by atoms with E-state index in [1.807, 2.05) is 0 Å². The molecule has 56 heavy (non-hydrogen) atoms. The molecule has 0 aliphatic rings. The molecule has 0 amide bonds. The van der Waals surface area contributed by atoms with Gasteiger partial charge in [-0.05, 0) is 107 Å².